The molecule has 0 aromatic rings. The molecule has 1 saturated carbocycles. The molecule has 0 bridgehead atoms. The first-order chi connectivity index (χ1) is 9.24. The molecule has 2 fully saturated rings. The van der Waals surface area contributed by atoms with Crippen LogP contribution in [0.5, 0.6) is 0 Å². The number of amides is 1. The van der Waals surface area contributed by atoms with E-state index in [1.54, 1.807) is 0 Å². The van der Waals surface area contributed by atoms with Crippen molar-refractivity contribution in [3.05, 3.63) is 0 Å². The van der Waals surface area contributed by atoms with Crippen molar-refractivity contribution in [2.75, 3.05) is 33.0 Å². The van der Waals surface area contributed by atoms with Crippen molar-refractivity contribution in [3.8, 4) is 0 Å². The van der Waals surface area contributed by atoms with Crippen molar-refractivity contribution >= 4 is 5.91 Å². The number of aliphatic hydroxyl groups is 1. The van der Waals surface area contributed by atoms with E-state index in [1.807, 2.05) is 11.8 Å². The van der Waals surface area contributed by atoms with Gasteiger partial charge in [-0.2, -0.15) is 0 Å². The third-order valence-corrected chi connectivity index (χ3v) is 4.09. The van der Waals surface area contributed by atoms with Crippen LogP contribution in [-0.4, -0.2) is 61.0 Å². The van der Waals surface area contributed by atoms with Crippen LogP contribution in [0.15, 0.2) is 0 Å². The van der Waals surface area contributed by atoms with E-state index in [0.29, 0.717) is 26.4 Å². The SMILES string of the molecule is CCCOCC(=O)N1CCOC[C@@H]1[C@H]1CCC[C@H]1O. The smallest absolute Gasteiger partial charge is 0.248 e. The number of rotatable bonds is 5. The van der Waals surface area contributed by atoms with Gasteiger partial charge in [0.15, 0.2) is 0 Å². The average molecular weight is 271 g/mol. The van der Waals surface area contributed by atoms with Crippen molar-refractivity contribution in [2.45, 2.75) is 44.8 Å². The zero-order valence-electron chi connectivity index (χ0n) is 11.7. The molecule has 1 aliphatic heterocycles. The Kier molecular flexibility index (Phi) is 5.60. The number of carbonyl (C=O) groups excluding carboxylic acids is 1. The first-order valence-corrected chi connectivity index (χ1v) is 7.37. The zero-order valence-corrected chi connectivity index (χ0v) is 11.7. The molecule has 1 N–H and O–H groups in total. The zero-order chi connectivity index (χ0) is 13.7. The maximum absolute atomic E-state index is 12.2. The van der Waals surface area contributed by atoms with E-state index >= 15 is 0 Å². The number of nitrogens with zero attached hydrogens (tertiary/aromatic N) is 1. The van der Waals surface area contributed by atoms with Gasteiger partial charge in [-0.15, -0.1) is 0 Å². The Balaban J connectivity index is 1.93. The Hall–Kier alpha value is -0.650. The molecule has 5 heteroatoms. The van der Waals surface area contributed by atoms with Crippen LogP contribution in [0.25, 0.3) is 0 Å². The van der Waals surface area contributed by atoms with Crippen molar-refractivity contribution < 1.29 is 19.4 Å². The number of morpholine rings is 1. The third-order valence-electron chi connectivity index (χ3n) is 4.09. The third kappa shape index (κ3) is 3.68. The summed E-state index contributed by atoms with van der Waals surface area (Å²) in [5, 5.41) is 10.0. The molecule has 0 radical (unpaired) electrons. The molecule has 2 aliphatic rings. The minimum absolute atomic E-state index is 0.0176. The van der Waals surface area contributed by atoms with Crippen molar-refractivity contribution in [3.63, 3.8) is 0 Å². The maximum atomic E-state index is 12.2. The first kappa shape index (κ1) is 14.8. The van der Waals surface area contributed by atoms with Crippen LogP contribution in [-0.2, 0) is 14.3 Å². The highest BCUT2D eigenvalue weighted by molar-refractivity contribution is 5.78. The molecule has 110 valence electrons. The van der Waals surface area contributed by atoms with Gasteiger partial charge in [0, 0.05) is 19.1 Å². The largest absolute Gasteiger partial charge is 0.393 e. The van der Waals surface area contributed by atoms with Crippen LogP contribution in [0.1, 0.15) is 32.6 Å². The normalized spacial score (nSPS) is 31.7. The second kappa shape index (κ2) is 7.22. The van der Waals surface area contributed by atoms with Crippen molar-refractivity contribution in [2.24, 2.45) is 5.92 Å². The summed E-state index contributed by atoms with van der Waals surface area (Å²) in [5.41, 5.74) is 0. The fourth-order valence-electron chi connectivity index (χ4n) is 3.09. The van der Waals surface area contributed by atoms with Crippen molar-refractivity contribution in [1.82, 2.24) is 4.90 Å². The fraction of sp³-hybridized carbons (Fsp3) is 0.929. The van der Waals surface area contributed by atoms with Crippen LogP contribution in [0.2, 0.25) is 0 Å². The molecule has 0 aromatic heterocycles. The van der Waals surface area contributed by atoms with Crippen LogP contribution in [0, 0.1) is 5.92 Å². The highest BCUT2D eigenvalue weighted by atomic mass is 16.5. The summed E-state index contributed by atoms with van der Waals surface area (Å²) in [6, 6.07) is 0.0176. The lowest BCUT2D eigenvalue weighted by Crippen LogP contribution is -2.54. The number of ether oxygens (including phenoxy) is 2. The van der Waals surface area contributed by atoms with Gasteiger partial charge in [0.25, 0.3) is 0 Å². The standard InChI is InChI=1S/C14H25NO4/c1-2-7-18-10-14(17)15-6-8-19-9-12(15)11-4-3-5-13(11)16/h11-13,16H,2-10H2,1H3/t11-,12-,13-/m1/s1. The van der Waals surface area contributed by atoms with Gasteiger partial charge in [0.1, 0.15) is 6.61 Å². The number of aliphatic hydroxyl groups excluding tert-OH is 1. The Morgan fingerprint density at radius 3 is 3.00 bits per heavy atom. The molecule has 19 heavy (non-hydrogen) atoms. The fourth-order valence-corrected chi connectivity index (χ4v) is 3.09. The molecule has 2 rings (SSSR count). The van der Waals surface area contributed by atoms with Gasteiger partial charge in [-0.3, -0.25) is 4.79 Å². The predicted molar refractivity (Wildman–Crippen MR) is 70.8 cm³/mol. The Morgan fingerprint density at radius 1 is 1.47 bits per heavy atom. The van der Waals surface area contributed by atoms with E-state index < -0.39 is 0 Å². The molecule has 3 atom stereocenters. The lowest BCUT2D eigenvalue weighted by Gasteiger charge is -2.40. The summed E-state index contributed by atoms with van der Waals surface area (Å²) in [6.45, 7) is 4.53. The second-order valence-electron chi connectivity index (χ2n) is 5.44. The summed E-state index contributed by atoms with van der Waals surface area (Å²) in [4.78, 5) is 14.1. The van der Waals surface area contributed by atoms with Crippen molar-refractivity contribution in [1.29, 1.82) is 0 Å². The van der Waals surface area contributed by atoms with Crippen LogP contribution in [0.3, 0.4) is 0 Å². The summed E-state index contributed by atoms with van der Waals surface area (Å²) in [6.07, 6.45) is 3.49. The minimum Gasteiger partial charge on any atom is -0.393 e. The first-order valence-electron chi connectivity index (χ1n) is 7.37. The number of hydrogen-bond acceptors (Lipinski definition) is 4. The van der Waals surface area contributed by atoms with Gasteiger partial charge < -0.3 is 19.5 Å². The molecular weight excluding hydrogens is 246 g/mol. The molecule has 0 unspecified atom stereocenters. The van der Waals surface area contributed by atoms with E-state index in [-0.39, 0.29) is 30.6 Å². The second-order valence-corrected chi connectivity index (χ2v) is 5.44. The lowest BCUT2D eigenvalue weighted by atomic mass is 9.94. The van der Waals surface area contributed by atoms with E-state index in [1.165, 1.54) is 0 Å². The molecule has 1 amide bonds. The summed E-state index contributed by atoms with van der Waals surface area (Å²) >= 11 is 0. The van der Waals surface area contributed by atoms with E-state index in [2.05, 4.69) is 0 Å². The monoisotopic (exact) mass is 271 g/mol. The van der Waals surface area contributed by atoms with Gasteiger partial charge in [-0.1, -0.05) is 13.3 Å². The van der Waals surface area contributed by atoms with Crippen LogP contribution >= 0.6 is 0 Å². The number of carbonyl (C=O) groups is 1. The molecule has 1 saturated heterocycles. The predicted octanol–water partition coefficient (Wildman–Crippen LogP) is 0.801. The summed E-state index contributed by atoms with van der Waals surface area (Å²) < 4.78 is 10.8. The molecule has 1 aliphatic carbocycles. The summed E-state index contributed by atoms with van der Waals surface area (Å²) in [5.74, 6) is 0.191. The highest BCUT2D eigenvalue weighted by Crippen LogP contribution is 2.32. The lowest BCUT2D eigenvalue weighted by molar-refractivity contribution is -0.148. The quantitative estimate of drug-likeness (QED) is 0.752. The highest BCUT2D eigenvalue weighted by Gasteiger charge is 2.39. The number of hydrogen-bond donors (Lipinski definition) is 1. The average Bonchev–Trinajstić information content (AvgIpc) is 2.85. The maximum Gasteiger partial charge on any atom is 0.248 e. The topological polar surface area (TPSA) is 59.0 Å². The van der Waals surface area contributed by atoms with Crippen LogP contribution < -0.4 is 0 Å². The summed E-state index contributed by atoms with van der Waals surface area (Å²) in [7, 11) is 0. The molecule has 5 nitrogen and oxygen atoms in total. The van der Waals surface area contributed by atoms with E-state index in [9.17, 15) is 9.90 Å². The van der Waals surface area contributed by atoms with Gasteiger partial charge >= 0.3 is 0 Å². The Labute approximate surface area is 114 Å². The van der Waals surface area contributed by atoms with Gasteiger partial charge in [-0.25, -0.2) is 0 Å². The molecule has 1 heterocycles. The van der Waals surface area contributed by atoms with E-state index in [4.69, 9.17) is 9.47 Å². The molecule has 0 spiro atoms. The molecular formula is C14H25NO4. The van der Waals surface area contributed by atoms with Gasteiger partial charge in [-0.05, 0) is 19.3 Å². The molecule has 0 aromatic carbocycles. The van der Waals surface area contributed by atoms with Gasteiger partial charge in [0.05, 0.1) is 25.4 Å². The Morgan fingerprint density at radius 2 is 2.32 bits per heavy atom. The van der Waals surface area contributed by atoms with E-state index in [0.717, 1.165) is 25.7 Å². The Bertz CT molecular complexity index is 297. The minimum atomic E-state index is -0.293. The van der Waals surface area contributed by atoms with Crippen LogP contribution in [0.4, 0.5) is 0 Å². The van der Waals surface area contributed by atoms with Gasteiger partial charge in [0.2, 0.25) is 5.91 Å².